The van der Waals surface area contributed by atoms with E-state index >= 15 is 0 Å². The molecule has 0 atom stereocenters. The second-order valence-corrected chi connectivity index (χ2v) is 5.09. The van der Waals surface area contributed by atoms with Crippen LogP contribution in [0.1, 0.15) is 22.8 Å². The van der Waals surface area contributed by atoms with Gasteiger partial charge in [-0.2, -0.15) is 5.10 Å². The van der Waals surface area contributed by atoms with Gasteiger partial charge in [-0.05, 0) is 30.2 Å². The molecule has 1 aromatic carbocycles. The lowest BCUT2D eigenvalue weighted by Crippen LogP contribution is -2.14. The summed E-state index contributed by atoms with van der Waals surface area (Å²) < 4.78 is 2.46. The first-order valence-electron chi connectivity index (χ1n) is 5.90. The van der Waals surface area contributed by atoms with E-state index in [1.165, 1.54) is 10.9 Å². The maximum atomic E-state index is 12.1. The lowest BCUT2D eigenvalue weighted by molar-refractivity contribution is 0.102. The van der Waals surface area contributed by atoms with Crippen LogP contribution in [-0.4, -0.2) is 15.7 Å². The van der Waals surface area contributed by atoms with Gasteiger partial charge in [-0.25, -0.2) is 0 Å². The Morgan fingerprint density at radius 3 is 2.84 bits per heavy atom. The number of halogens is 1. The molecule has 0 saturated heterocycles. The first kappa shape index (κ1) is 13.6. The summed E-state index contributed by atoms with van der Waals surface area (Å²) in [7, 11) is 1.70. The first-order valence-corrected chi connectivity index (χ1v) is 6.69. The molecule has 1 amide bonds. The molecule has 0 saturated carbocycles. The molecule has 0 spiro atoms. The van der Waals surface area contributed by atoms with Gasteiger partial charge in [0.2, 0.25) is 0 Å². The normalized spacial score (nSPS) is 10.5. The largest absolute Gasteiger partial charge is 0.383 e. The zero-order chi connectivity index (χ0) is 14.0. The minimum absolute atomic E-state index is 0.248. The molecule has 0 bridgehead atoms. The molecule has 100 valence electrons. The minimum atomic E-state index is -0.248. The van der Waals surface area contributed by atoms with Crippen molar-refractivity contribution in [3.05, 3.63) is 40.0 Å². The number of aromatic nitrogens is 2. The third-order valence-corrected chi connectivity index (χ3v) is 3.42. The number of nitrogens with two attached hydrogens (primary N) is 1. The van der Waals surface area contributed by atoms with Crippen LogP contribution in [0.25, 0.3) is 0 Å². The maximum Gasteiger partial charge on any atom is 0.261 e. The number of nitrogen functional groups attached to an aromatic ring is 1. The Bertz CT molecular complexity index is 621. The van der Waals surface area contributed by atoms with Gasteiger partial charge >= 0.3 is 0 Å². The Morgan fingerprint density at radius 1 is 1.53 bits per heavy atom. The van der Waals surface area contributed by atoms with Gasteiger partial charge in [-0.1, -0.05) is 22.9 Å². The smallest absolute Gasteiger partial charge is 0.261 e. The topological polar surface area (TPSA) is 72.9 Å². The highest BCUT2D eigenvalue weighted by molar-refractivity contribution is 9.10. The highest BCUT2D eigenvalue weighted by atomic mass is 79.9. The molecule has 0 fully saturated rings. The zero-order valence-electron chi connectivity index (χ0n) is 10.8. The third-order valence-electron chi connectivity index (χ3n) is 2.93. The van der Waals surface area contributed by atoms with E-state index in [0.717, 1.165) is 22.1 Å². The van der Waals surface area contributed by atoms with E-state index < -0.39 is 0 Å². The summed E-state index contributed by atoms with van der Waals surface area (Å²) in [5.41, 5.74) is 8.02. The average Bonchev–Trinajstić information content (AvgIpc) is 2.72. The Hall–Kier alpha value is -1.82. The van der Waals surface area contributed by atoms with Gasteiger partial charge in [0.1, 0.15) is 11.4 Å². The minimum Gasteiger partial charge on any atom is -0.383 e. The number of hydrogen-bond donors (Lipinski definition) is 2. The quantitative estimate of drug-likeness (QED) is 0.912. The Kier molecular flexibility index (Phi) is 3.90. The van der Waals surface area contributed by atoms with E-state index in [0.29, 0.717) is 11.4 Å². The van der Waals surface area contributed by atoms with E-state index in [-0.39, 0.29) is 5.91 Å². The van der Waals surface area contributed by atoms with E-state index in [2.05, 4.69) is 26.3 Å². The highest BCUT2D eigenvalue weighted by Gasteiger charge is 2.15. The lowest BCUT2D eigenvalue weighted by Gasteiger charge is -2.10. The molecule has 0 aliphatic carbocycles. The van der Waals surface area contributed by atoms with E-state index in [1.807, 2.05) is 25.1 Å². The summed E-state index contributed by atoms with van der Waals surface area (Å²) in [5.74, 6) is 0.107. The van der Waals surface area contributed by atoms with Crippen LogP contribution in [0.15, 0.2) is 28.9 Å². The average molecular weight is 323 g/mol. The second-order valence-electron chi connectivity index (χ2n) is 4.18. The SMILES string of the molecule is CCc1cc(Br)ccc1NC(=O)c1cnn(C)c1N. The summed E-state index contributed by atoms with van der Waals surface area (Å²) >= 11 is 3.42. The molecule has 5 nitrogen and oxygen atoms in total. The molecule has 2 rings (SSSR count). The van der Waals surface area contributed by atoms with Gasteiger partial charge in [-0.15, -0.1) is 0 Å². The summed E-state index contributed by atoms with van der Waals surface area (Å²) in [6.07, 6.45) is 2.30. The molecule has 1 heterocycles. The fraction of sp³-hybridized carbons (Fsp3) is 0.231. The molecule has 0 unspecified atom stereocenters. The van der Waals surface area contributed by atoms with Crippen LogP contribution in [-0.2, 0) is 13.5 Å². The van der Waals surface area contributed by atoms with Gasteiger partial charge in [-0.3, -0.25) is 9.48 Å². The van der Waals surface area contributed by atoms with E-state index in [9.17, 15) is 4.79 Å². The predicted octanol–water partition coefficient (Wildman–Crippen LogP) is 2.58. The van der Waals surface area contributed by atoms with E-state index in [1.54, 1.807) is 7.05 Å². The van der Waals surface area contributed by atoms with Crippen LogP contribution in [0.3, 0.4) is 0 Å². The molecule has 0 aliphatic heterocycles. The molecule has 3 N–H and O–H groups in total. The Labute approximate surface area is 119 Å². The molecular formula is C13H15BrN4O. The number of carbonyl (C=O) groups is 1. The van der Waals surface area contributed by atoms with Gasteiger partial charge < -0.3 is 11.1 Å². The van der Waals surface area contributed by atoms with Crippen molar-refractivity contribution >= 4 is 33.3 Å². The van der Waals surface area contributed by atoms with Crippen molar-refractivity contribution in [2.24, 2.45) is 7.05 Å². The third kappa shape index (κ3) is 2.78. The molecule has 2 aromatic rings. The number of nitrogens with zero attached hydrogens (tertiary/aromatic N) is 2. The van der Waals surface area contributed by atoms with Crippen LogP contribution in [0.2, 0.25) is 0 Å². The van der Waals surface area contributed by atoms with Crippen molar-refractivity contribution in [3.63, 3.8) is 0 Å². The van der Waals surface area contributed by atoms with Gasteiger partial charge in [0.25, 0.3) is 5.91 Å². The van der Waals surface area contributed by atoms with Gasteiger partial charge in [0.15, 0.2) is 0 Å². The highest BCUT2D eigenvalue weighted by Crippen LogP contribution is 2.22. The van der Waals surface area contributed by atoms with Crippen LogP contribution in [0, 0.1) is 0 Å². The summed E-state index contributed by atoms with van der Waals surface area (Å²) in [5, 5.41) is 6.82. The Morgan fingerprint density at radius 2 is 2.26 bits per heavy atom. The fourth-order valence-corrected chi connectivity index (χ4v) is 2.20. The van der Waals surface area contributed by atoms with Gasteiger partial charge in [0.05, 0.1) is 6.20 Å². The zero-order valence-corrected chi connectivity index (χ0v) is 12.4. The number of anilines is 2. The number of nitrogens with one attached hydrogen (secondary N) is 1. The second kappa shape index (κ2) is 5.44. The number of hydrogen-bond acceptors (Lipinski definition) is 3. The van der Waals surface area contributed by atoms with Crippen LogP contribution >= 0.6 is 15.9 Å². The summed E-state index contributed by atoms with van der Waals surface area (Å²) in [6, 6.07) is 5.75. The number of benzene rings is 1. The standard InChI is InChI=1S/C13H15BrN4O/c1-3-8-6-9(14)4-5-11(8)17-13(19)10-7-16-18(2)12(10)15/h4-7H,3,15H2,1-2H3,(H,17,19). The van der Waals surface area contributed by atoms with Crippen molar-refractivity contribution in [3.8, 4) is 0 Å². The maximum absolute atomic E-state index is 12.1. The van der Waals surface area contributed by atoms with Crippen molar-refractivity contribution in [2.75, 3.05) is 11.1 Å². The Balaban J connectivity index is 2.26. The monoisotopic (exact) mass is 322 g/mol. The van der Waals surface area contributed by atoms with Crippen LogP contribution in [0.5, 0.6) is 0 Å². The molecule has 19 heavy (non-hydrogen) atoms. The predicted molar refractivity (Wildman–Crippen MR) is 79.1 cm³/mol. The summed E-state index contributed by atoms with van der Waals surface area (Å²) in [6.45, 7) is 2.04. The molecule has 1 aromatic heterocycles. The lowest BCUT2D eigenvalue weighted by atomic mass is 10.1. The molecule has 0 aliphatic rings. The van der Waals surface area contributed by atoms with Crippen molar-refractivity contribution in [1.29, 1.82) is 0 Å². The van der Waals surface area contributed by atoms with Crippen molar-refractivity contribution < 1.29 is 4.79 Å². The van der Waals surface area contributed by atoms with E-state index in [4.69, 9.17) is 5.73 Å². The fourth-order valence-electron chi connectivity index (χ4n) is 1.79. The number of amides is 1. The number of carbonyl (C=O) groups excluding carboxylic acids is 1. The first-order chi connectivity index (χ1) is 9.02. The van der Waals surface area contributed by atoms with Gasteiger partial charge in [0, 0.05) is 17.2 Å². The van der Waals surface area contributed by atoms with Crippen molar-refractivity contribution in [2.45, 2.75) is 13.3 Å². The number of rotatable bonds is 3. The number of aryl methyl sites for hydroxylation is 2. The van der Waals surface area contributed by atoms with Crippen molar-refractivity contribution in [1.82, 2.24) is 9.78 Å². The van der Waals surface area contributed by atoms with Crippen LogP contribution in [0.4, 0.5) is 11.5 Å². The molecule has 0 radical (unpaired) electrons. The molecular weight excluding hydrogens is 308 g/mol. The molecule has 6 heteroatoms. The van der Waals surface area contributed by atoms with Crippen LogP contribution < -0.4 is 11.1 Å². The summed E-state index contributed by atoms with van der Waals surface area (Å²) in [4.78, 5) is 12.1.